The predicted octanol–water partition coefficient (Wildman–Crippen LogP) is 3.44. The molecule has 0 aliphatic carbocycles. The van der Waals surface area contributed by atoms with E-state index >= 15 is 0 Å². The monoisotopic (exact) mass is 320 g/mol. The first-order valence-corrected chi connectivity index (χ1v) is 7.95. The van der Waals surface area contributed by atoms with Gasteiger partial charge in [0, 0.05) is 22.8 Å². The number of oxime groups is 1. The lowest BCUT2D eigenvalue weighted by Gasteiger charge is -2.10. The fourth-order valence-electron chi connectivity index (χ4n) is 3.04. The van der Waals surface area contributed by atoms with Gasteiger partial charge in [-0.25, -0.2) is 9.78 Å². The maximum absolute atomic E-state index is 11.9. The number of fused-ring (bicyclic) bond motifs is 2. The van der Waals surface area contributed by atoms with Gasteiger partial charge in [-0.1, -0.05) is 41.6 Å². The molecule has 5 heteroatoms. The van der Waals surface area contributed by atoms with Gasteiger partial charge >= 0.3 is 5.97 Å². The van der Waals surface area contributed by atoms with E-state index in [4.69, 9.17) is 14.6 Å². The number of aromatic nitrogens is 1. The Labute approximate surface area is 138 Å². The fraction of sp³-hybridized carbons (Fsp3) is 0.211. The van der Waals surface area contributed by atoms with Gasteiger partial charge in [-0.05, 0) is 19.1 Å². The molecule has 1 aliphatic rings. The normalized spacial score (nSPS) is 16.9. The number of hydrogen-bond acceptors (Lipinski definition) is 5. The van der Waals surface area contributed by atoms with Gasteiger partial charge in [0.05, 0.1) is 23.4 Å². The number of para-hydroxylation sites is 2. The molecule has 1 aliphatic heterocycles. The van der Waals surface area contributed by atoms with Gasteiger partial charge in [0.2, 0.25) is 6.10 Å². The Balaban J connectivity index is 1.85. The Morgan fingerprint density at radius 2 is 1.75 bits per heavy atom. The van der Waals surface area contributed by atoms with Crippen molar-refractivity contribution < 1.29 is 14.4 Å². The van der Waals surface area contributed by atoms with Crippen molar-refractivity contribution in [2.45, 2.75) is 19.4 Å². The summed E-state index contributed by atoms with van der Waals surface area (Å²) in [5.41, 5.74) is 3.52. The number of pyridine rings is 1. The lowest BCUT2D eigenvalue weighted by Crippen LogP contribution is -2.23. The second-order valence-corrected chi connectivity index (χ2v) is 5.61. The van der Waals surface area contributed by atoms with E-state index in [9.17, 15) is 4.79 Å². The van der Waals surface area contributed by atoms with E-state index in [-0.39, 0.29) is 5.97 Å². The van der Waals surface area contributed by atoms with Crippen LogP contribution in [0.3, 0.4) is 0 Å². The number of esters is 1. The summed E-state index contributed by atoms with van der Waals surface area (Å²) < 4.78 is 5.04. The van der Waals surface area contributed by atoms with Crippen molar-refractivity contribution in [1.29, 1.82) is 0 Å². The second kappa shape index (κ2) is 5.92. The third-order valence-electron chi connectivity index (χ3n) is 4.09. The maximum Gasteiger partial charge on any atom is 0.350 e. The molecule has 120 valence electrons. The average Bonchev–Trinajstić information content (AvgIpc) is 3.09. The SMILES string of the molecule is CCOC(=O)C1CC(c2c3ccccc3nc3ccccc23)=NO1. The van der Waals surface area contributed by atoms with Gasteiger partial charge in [0.1, 0.15) is 0 Å². The van der Waals surface area contributed by atoms with Crippen molar-refractivity contribution in [2.24, 2.45) is 5.16 Å². The molecule has 2 aromatic carbocycles. The lowest BCUT2D eigenvalue weighted by atomic mass is 9.96. The Bertz CT molecular complexity index is 911. The summed E-state index contributed by atoms with van der Waals surface area (Å²) in [6.45, 7) is 2.10. The van der Waals surface area contributed by atoms with Crippen molar-refractivity contribution in [3.8, 4) is 0 Å². The van der Waals surface area contributed by atoms with E-state index < -0.39 is 6.10 Å². The topological polar surface area (TPSA) is 60.8 Å². The molecule has 0 saturated heterocycles. The van der Waals surface area contributed by atoms with Gasteiger partial charge in [-0.3, -0.25) is 0 Å². The molecule has 0 N–H and O–H groups in total. The quantitative estimate of drug-likeness (QED) is 0.548. The largest absolute Gasteiger partial charge is 0.463 e. The zero-order valence-corrected chi connectivity index (χ0v) is 13.2. The number of carbonyl (C=O) groups excluding carboxylic acids is 1. The first-order valence-electron chi connectivity index (χ1n) is 7.95. The van der Waals surface area contributed by atoms with Gasteiger partial charge in [-0.15, -0.1) is 0 Å². The summed E-state index contributed by atoms with van der Waals surface area (Å²) in [4.78, 5) is 21.9. The maximum atomic E-state index is 11.9. The van der Waals surface area contributed by atoms with Crippen molar-refractivity contribution in [2.75, 3.05) is 6.61 Å². The van der Waals surface area contributed by atoms with E-state index in [1.807, 2.05) is 48.5 Å². The van der Waals surface area contributed by atoms with Crippen LogP contribution in [0.1, 0.15) is 18.9 Å². The first kappa shape index (κ1) is 14.6. The highest BCUT2D eigenvalue weighted by molar-refractivity contribution is 6.20. The zero-order valence-electron chi connectivity index (χ0n) is 13.2. The van der Waals surface area contributed by atoms with Crippen LogP contribution in [0.2, 0.25) is 0 Å². The van der Waals surface area contributed by atoms with Crippen molar-refractivity contribution in [1.82, 2.24) is 4.98 Å². The van der Waals surface area contributed by atoms with E-state index in [1.165, 1.54) is 0 Å². The second-order valence-electron chi connectivity index (χ2n) is 5.61. The molecule has 0 spiro atoms. The Hall–Kier alpha value is -2.95. The van der Waals surface area contributed by atoms with Crippen LogP contribution in [0.25, 0.3) is 21.8 Å². The molecule has 1 unspecified atom stereocenters. The minimum Gasteiger partial charge on any atom is -0.463 e. The van der Waals surface area contributed by atoms with Crippen LogP contribution in [0.15, 0.2) is 53.7 Å². The number of benzene rings is 2. The molecule has 1 atom stereocenters. The third-order valence-corrected chi connectivity index (χ3v) is 4.09. The standard InChI is InChI=1S/C19H16N2O3/c1-2-23-19(22)17-11-16(21-24-17)18-12-7-3-5-9-14(12)20-15-10-6-4-8-13(15)18/h3-10,17H,2,11H2,1H3. The molecule has 5 nitrogen and oxygen atoms in total. The first-order chi connectivity index (χ1) is 11.8. The predicted molar refractivity (Wildman–Crippen MR) is 91.9 cm³/mol. The summed E-state index contributed by atoms with van der Waals surface area (Å²) in [6.07, 6.45) is -0.276. The van der Waals surface area contributed by atoms with Crippen molar-refractivity contribution in [3.05, 3.63) is 54.1 Å². The summed E-state index contributed by atoms with van der Waals surface area (Å²) in [5.74, 6) is -0.376. The average molecular weight is 320 g/mol. The molecule has 1 aromatic heterocycles. The molecule has 24 heavy (non-hydrogen) atoms. The van der Waals surface area contributed by atoms with Gasteiger partial charge in [0.25, 0.3) is 0 Å². The van der Waals surface area contributed by atoms with E-state index in [0.29, 0.717) is 13.0 Å². The zero-order chi connectivity index (χ0) is 16.5. The smallest absolute Gasteiger partial charge is 0.350 e. The molecule has 3 aromatic rings. The van der Waals surface area contributed by atoms with Crippen LogP contribution in [-0.4, -0.2) is 29.4 Å². The minimum absolute atomic E-state index is 0.329. The highest BCUT2D eigenvalue weighted by Gasteiger charge is 2.31. The van der Waals surface area contributed by atoms with E-state index in [1.54, 1.807) is 6.92 Å². The fourth-order valence-corrected chi connectivity index (χ4v) is 3.04. The van der Waals surface area contributed by atoms with Crippen LogP contribution in [0, 0.1) is 0 Å². The summed E-state index contributed by atoms with van der Waals surface area (Å²) in [6, 6.07) is 15.9. The number of hydrogen-bond donors (Lipinski definition) is 0. The molecule has 4 rings (SSSR count). The third kappa shape index (κ3) is 2.38. The molecule has 2 heterocycles. The van der Waals surface area contributed by atoms with Gasteiger partial charge in [0.15, 0.2) is 0 Å². The summed E-state index contributed by atoms with van der Waals surface area (Å²) in [5, 5.41) is 6.18. The van der Waals surface area contributed by atoms with Gasteiger partial charge in [-0.2, -0.15) is 0 Å². The highest BCUT2D eigenvalue weighted by atomic mass is 16.7. The van der Waals surface area contributed by atoms with Crippen LogP contribution in [0.5, 0.6) is 0 Å². The lowest BCUT2D eigenvalue weighted by molar-refractivity contribution is -0.154. The number of nitrogens with zero attached hydrogens (tertiary/aromatic N) is 2. The molecule has 0 fully saturated rings. The molecule has 0 bridgehead atoms. The van der Waals surface area contributed by atoms with Crippen molar-refractivity contribution in [3.63, 3.8) is 0 Å². The summed E-state index contributed by atoms with van der Waals surface area (Å²) >= 11 is 0. The Morgan fingerprint density at radius 3 is 2.38 bits per heavy atom. The summed E-state index contributed by atoms with van der Waals surface area (Å²) in [7, 11) is 0. The number of carbonyl (C=O) groups is 1. The number of rotatable bonds is 3. The van der Waals surface area contributed by atoms with Crippen LogP contribution in [0.4, 0.5) is 0 Å². The molecule has 0 amide bonds. The highest BCUT2D eigenvalue weighted by Crippen LogP contribution is 2.30. The van der Waals surface area contributed by atoms with Crippen LogP contribution < -0.4 is 0 Å². The van der Waals surface area contributed by atoms with Crippen LogP contribution >= 0.6 is 0 Å². The van der Waals surface area contributed by atoms with Crippen molar-refractivity contribution >= 4 is 33.5 Å². The van der Waals surface area contributed by atoms with Gasteiger partial charge < -0.3 is 9.57 Å². The molecular formula is C19H16N2O3. The molecular weight excluding hydrogens is 304 g/mol. The molecule has 0 radical (unpaired) electrons. The Kier molecular flexibility index (Phi) is 3.61. The number of ether oxygens (including phenoxy) is 1. The van der Waals surface area contributed by atoms with E-state index in [2.05, 4.69) is 5.16 Å². The minimum atomic E-state index is -0.675. The van der Waals surface area contributed by atoms with E-state index in [0.717, 1.165) is 33.1 Å². The Morgan fingerprint density at radius 1 is 1.12 bits per heavy atom. The van der Waals surface area contributed by atoms with Crippen LogP contribution in [-0.2, 0) is 14.4 Å². The molecule has 0 saturated carbocycles.